The van der Waals surface area contributed by atoms with Gasteiger partial charge in [-0.1, -0.05) is 24.3 Å². The highest BCUT2D eigenvalue weighted by atomic mass is 15.1. The van der Waals surface area contributed by atoms with Gasteiger partial charge in [-0.2, -0.15) is 0 Å². The third kappa shape index (κ3) is 2.45. The molecule has 0 saturated carbocycles. The molecule has 0 amide bonds. The normalized spacial score (nSPS) is 11.5. The minimum atomic E-state index is 1.03. The van der Waals surface area contributed by atoms with Crippen molar-refractivity contribution < 1.29 is 0 Å². The van der Waals surface area contributed by atoms with E-state index in [9.17, 15) is 0 Å². The first kappa shape index (κ1) is 16.6. The van der Waals surface area contributed by atoms with E-state index < -0.39 is 0 Å². The van der Waals surface area contributed by atoms with E-state index >= 15 is 0 Å². The van der Waals surface area contributed by atoms with E-state index in [4.69, 9.17) is 9.97 Å². The lowest BCUT2D eigenvalue weighted by Crippen LogP contribution is -2.10. The zero-order valence-corrected chi connectivity index (χ0v) is 16.3. The van der Waals surface area contributed by atoms with Gasteiger partial charge in [0, 0.05) is 72.5 Å². The van der Waals surface area contributed by atoms with E-state index in [-0.39, 0.29) is 0 Å². The van der Waals surface area contributed by atoms with Gasteiger partial charge in [-0.05, 0) is 26.0 Å². The number of fused-ring (bicyclic) bond motifs is 5. The van der Waals surface area contributed by atoms with Gasteiger partial charge in [0.2, 0.25) is 0 Å². The van der Waals surface area contributed by atoms with Crippen LogP contribution in [0, 0.1) is 13.8 Å². The van der Waals surface area contributed by atoms with E-state index in [2.05, 4.69) is 88.2 Å². The molecule has 0 radical (unpaired) electrons. The number of aryl methyl sites for hydroxylation is 2. The smallest absolute Gasteiger partial charge is 0.0805 e. The molecule has 0 aliphatic rings. The Hall–Kier alpha value is -2.88. The Bertz CT molecular complexity index is 1070. The van der Waals surface area contributed by atoms with Gasteiger partial charge in [0.15, 0.2) is 0 Å². The molecular formula is C22H24N4. The number of rotatable bonds is 2. The topological polar surface area (TPSA) is 32.3 Å². The van der Waals surface area contributed by atoms with Gasteiger partial charge in [-0.15, -0.1) is 0 Å². The number of pyridine rings is 2. The average Bonchev–Trinajstić information content (AvgIpc) is 2.59. The Morgan fingerprint density at radius 1 is 0.577 bits per heavy atom. The Balaban J connectivity index is 2.18. The van der Waals surface area contributed by atoms with Crippen LogP contribution in [0.3, 0.4) is 0 Å². The van der Waals surface area contributed by atoms with E-state index in [1.54, 1.807) is 0 Å². The van der Waals surface area contributed by atoms with Crippen LogP contribution in [-0.4, -0.2) is 38.2 Å². The van der Waals surface area contributed by atoms with E-state index in [1.807, 2.05) is 0 Å². The predicted molar refractivity (Wildman–Crippen MR) is 113 cm³/mol. The Labute approximate surface area is 154 Å². The molecule has 2 aromatic heterocycles. The Morgan fingerprint density at radius 3 is 1.27 bits per heavy atom. The van der Waals surface area contributed by atoms with Crippen molar-refractivity contribution in [2.75, 3.05) is 38.0 Å². The average molecular weight is 344 g/mol. The van der Waals surface area contributed by atoms with Crippen molar-refractivity contribution in [3.8, 4) is 0 Å². The highest BCUT2D eigenvalue weighted by molar-refractivity contribution is 6.18. The first-order chi connectivity index (χ1) is 12.4. The highest BCUT2D eigenvalue weighted by Gasteiger charge is 2.14. The van der Waals surface area contributed by atoms with Crippen LogP contribution in [-0.2, 0) is 0 Å². The molecule has 0 bridgehead atoms. The van der Waals surface area contributed by atoms with Crippen molar-refractivity contribution in [1.29, 1.82) is 0 Å². The summed E-state index contributed by atoms with van der Waals surface area (Å²) < 4.78 is 0. The Morgan fingerprint density at radius 2 is 0.923 bits per heavy atom. The number of nitrogens with zero attached hydrogens (tertiary/aromatic N) is 4. The zero-order chi connectivity index (χ0) is 18.6. The van der Waals surface area contributed by atoms with Gasteiger partial charge in [0.1, 0.15) is 0 Å². The molecular weight excluding hydrogens is 320 g/mol. The third-order valence-electron chi connectivity index (χ3n) is 4.93. The molecule has 0 spiro atoms. The second kappa shape index (κ2) is 5.84. The van der Waals surface area contributed by atoms with E-state index in [0.29, 0.717) is 0 Å². The number of aromatic nitrogens is 2. The fourth-order valence-electron chi connectivity index (χ4n) is 3.74. The highest BCUT2D eigenvalue weighted by Crippen LogP contribution is 2.36. The summed E-state index contributed by atoms with van der Waals surface area (Å²) in [6.45, 7) is 4.11. The van der Waals surface area contributed by atoms with Gasteiger partial charge < -0.3 is 9.80 Å². The lowest BCUT2D eigenvalue weighted by Gasteiger charge is -2.19. The molecule has 2 aromatic carbocycles. The van der Waals surface area contributed by atoms with Gasteiger partial charge in [0.05, 0.1) is 11.0 Å². The van der Waals surface area contributed by atoms with Gasteiger partial charge in [-0.25, -0.2) is 0 Å². The van der Waals surface area contributed by atoms with Crippen LogP contribution in [0.5, 0.6) is 0 Å². The van der Waals surface area contributed by atoms with Crippen molar-refractivity contribution in [2.45, 2.75) is 13.8 Å². The first-order valence-corrected chi connectivity index (χ1v) is 8.86. The quantitative estimate of drug-likeness (QED) is 0.494. The molecule has 0 aliphatic carbocycles. The van der Waals surface area contributed by atoms with E-state index in [1.165, 1.54) is 22.1 Å². The minimum Gasteiger partial charge on any atom is -0.377 e. The van der Waals surface area contributed by atoms with Gasteiger partial charge >= 0.3 is 0 Å². The number of benzene rings is 2. The monoisotopic (exact) mass is 344 g/mol. The Kier molecular flexibility index (Phi) is 3.72. The van der Waals surface area contributed by atoms with Crippen LogP contribution in [0.1, 0.15) is 11.4 Å². The van der Waals surface area contributed by atoms with Crippen molar-refractivity contribution in [1.82, 2.24) is 9.97 Å². The number of hydrogen-bond donors (Lipinski definition) is 0. The summed E-state index contributed by atoms with van der Waals surface area (Å²) in [5, 5.41) is 4.66. The van der Waals surface area contributed by atoms with Gasteiger partial charge in [0.25, 0.3) is 0 Å². The molecule has 0 saturated heterocycles. The largest absolute Gasteiger partial charge is 0.377 e. The van der Waals surface area contributed by atoms with Crippen LogP contribution in [0.15, 0.2) is 36.4 Å². The summed E-state index contributed by atoms with van der Waals surface area (Å²) in [5.74, 6) is 0. The van der Waals surface area contributed by atoms with Crippen LogP contribution < -0.4 is 9.80 Å². The van der Waals surface area contributed by atoms with Crippen molar-refractivity contribution >= 4 is 44.0 Å². The molecule has 4 nitrogen and oxygen atoms in total. The maximum Gasteiger partial charge on any atom is 0.0805 e. The molecule has 4 aromatic rings. The predicted octanol–water partition coefficient (Wildman–Crippen LogP) is 4.69. The van der Waals surface area contributed by atoms with Crippen LogP contribution >= 0.6 is 0 Å². The number of hydrogen-bond acceptors (Lipinski definition) is 4. The third-order valence-corrected chi connectivity index (χ3v) is 4.93. The summed E-state index contributed by atoms with van der Waals surface area (Å²) in [6.07, 6.45) is 0. The first-order valence-electron chi connectivity index (χ1n) is 8.86. The molecule has 0 aliphatic heterocycles. The maximum absolute atomic E-state index is 4.87. The molecule has 0 fully saturated rings. The molecule has 4 rings (SSSR count). The second-order valence-corrected chi connectivity index (χ2v) is 7.37. The molecule has 132 valence electrons. The molecule has 0 unspecified atom stereocenters. The summed E-state index contributed by atoms with van der Waals surface area (Å²) >= 11 is 0. The fourth-order valence-corrected chi connectivity index (χ4v) is 3.74. The standard InChI is InChI=1S/C22H24N4/c1-13-11-19(25(3)4)17-9-8-16-15(21(17)23-13)7-10-18-20(26(5)6)12-14(2)24-22(16)18/h7-12H,1-6H3. The molecule has 0 atom stereocenters. The molecule has 2 heterocycles. The van der Waals surface area contributed by atoms with Crippen LogP contribution in [0.25, 0.3) is 32.6 Å². The summed E-state index contributed by atoms with van der Waals surface area (Å²) in [5.41, 5.74) is 6.53. The van der Waals surface area contributed by atoms with Crippen molar-refractivity contribution in [3.63, 3.8) is 0 Å². The van der Waals surface area contributed by atoms with Gasteiger partial charge in [-0.3, -0.25) is 9.97 Å². The lowest BCUT2D eigenvalue weighted by molar-refractivity contribution is 1.12. The lowest BCUT2D eigenvalue weighted by atomic mass is 10.00. The second-order valence-electron chi connectivity index (χ2n) is 7.37. The molecule has 26 heavy (non-hydrogen) atoms. The minimum absolute atomic E-state index is 1.03. The molecule has 0 N–H and O–H groups in total. The summed E-state index contributed by atoms with van der Waals surface area (Å²) in [4.78, 5) is 14.0. The summed E-state index contributed by atoms with van der Waals surface area (Å²) in [6, 6.07) is 13.0. The summed E-state index contributed by atoms with van der Waals surface area (Å²) in [7, 11) is 8.31. The van der Waals surface area contributed by atoms with Crippen molar-refractivity contribution in [3.05, 3.63) is 47.8 Å². The van der Waals surface area contributed by atoms with Crippen LogP contribution in [0.4, 0.5) is 11.4 Å². The fraction of sp³-hybridized carbons (Fsp3) is 0.273. The van der Waals surface area contributed by atoms with Crippen LogP contribution in [0.2, 0.25) is 0 Å². The van der Waals surface area contributed by atoms with Crippen molar-refractivity contribution in [2.24, 2.45) is 0 Å². The molecule has 4 heteroatoms. The SMILES string of the molecule is Cc1cc(N(C)C)c2ccc3c(ccc4c(N(C)C)cc(C)nc43)c2n1. The maximum atomic E-state index is 4.87. The number of anilines is 2. The zero-order valence-electron chi connectivity index (χ0n) is 16.3. The van der Waals surface area contributed by atoms with E-state index in [0.717, 1.165) is 33.2 Å².